The van der Waals surface area contributed by atoms with Gasteiger partial charge in [0.25, 0.3) is 10.2 Å². The molecule has 1 atom stereocenters. The summed E-state index contributed by atoms with van der Waals surface area (Å²) in [7, 11) is -2.23. The predicted molar refractivity (Wildman–Crippen MR) is 105 cm³/mol. The first-order valence-electron chi connectivity index (χ1n) is 8.20. The van der Waals surface area contributed by atoms with E-state index in [1.54, 1.807) is 25.3 Å². The third-order valence-corrected chi connectivity index (χ3v) is 5.20. The topological polar surface area (TPSA) is 173 Å². The maximum absolute atomic E-state index is 12.4. The highest BCUT2D eigenvalue weighted by atomic mass is 32.2. The fourth-order valence-electron chi connectivity index (χ4n) is 2.38. The van der Waals surface area contributed by atoms with Crippen LogP contribution in [0.5, 0.6) is 5.75 Å². The van der Waals surface area contributed by atoms with Crippen LogP contribution >= 0.6 is 11.3 Å². The van der Waals surface area contributed by atoms with E-state index in [0.29, 0.717) is 29.2 Å². The van der Waals surface area contributed by atoms with Crippen LogP contribution in [-0.2, 0) is 15.0 Å². The third kappa shape index (κ3) is 6.92. The Labute approximate surface area is 165 Å². The number of carbonyl (C=O) groups excluding carboxylic acids is 1. The van der Waals surface area contributed by atoms with Crippen molar-refractivity contribution in [2.75, 3.05) is 19.0 Å². The number of benzene rings is 1. The fourth-order valence-corrected chi connectivity index (χ4v) is 3.71. The number of thiazole rings is 1. The maximum Gasteiger partial charge on any atom is 0.405 e. The standard InChI is InChI=1S/C15H21N5O6S2/c1-26-9-5-6-10-12(8-9)27-14(18-10)20-13(21)11(19-15(22)23)4-2-3-7-17-28(16,24)25/h5-6,8,11,17,19H,2-4,7H2,1H3,(H,22,23)(H2,16,24,25)(H,18,20,21). The van der Waals surface area contributed by atoms with E-state index >= 15 is 0 Å². The number of hydrogen-bond donors (Lipinski definition) is 5. The lowest BCUT2D eigenvalue weighted by Crippen LogP contribution is -2.43. The van der Waals surface area contributed by atoms with Gasteiger partial charge in [0.2, 0.25) is 5.91 Å². The highest BCUT2D eigenvalue weighted by Gasteiger charge is 2.21. The highest BCUT2D eigenvalue weighted by molar-refractivity contribution is 7.87. The number of carbonyl (C=O) groups is 2. The SMILES string of the molecule is COc1ccc2nc(NC(=O)C(CCCCNS(N)(=O)=O)NC(=O)O)sc2c1. The van der Waals surface area contributed by atoms with Crippen LogP contribution in [0.2, 0.25) is 0 Å². The second-order valence-corrected chi connectivity index (χ2v) is 8.19. The molecule has 13 heteroatoms. The molecule has 0 fully saturated rings. The average molecular weight is 431 g/mol. The molecule has 0 saturated carbocycles. The zero-order chi connectivity index (χ0) is 20.7. The summed E-state index contributed by atoms with van der Waals surface area (Å²) in [6, 6.07) is 4.28. The minimum Gasteiger partial charge on any atom is -0.497 e. The summed E-state index contributed by atoms with van der Waals surface area (Å²) in [6.07, 6.45) is -0.361. The van der Waals surface area contributed by atoms with Crippen molar-refractivity contribution in [1.82, 2.24) is 15.0 Å². The van der Waals surface area contributed by atoms with E-state index < -0.39 is 28.3 Å². The molecule has 1 aromatic carbocycles. The van der Waals surface area contributed by atoms with Crippen molar-refractivity contribution >= 4 is 48.9 Å². The summed E-state index contributed by atoms with van der Waals surface area (Å²) in [5, 5.41) is 18.9. The average Bonchev–Trinajstić information content (AvgIpc) is 3.00. The molecule has 2 amide bonds. The predicted octanol–water partition coefficient (Wildman–Crippen LogP) is 0.843. The van der Waals surface area contributed by atoms with E-state index in [4.69, 9.17) is 15.0 Å². The number of nitrogens with two attached hydrogens (primary N) is 1. The van der Waals surface area contributed by atoms with Gasteiger partial charge in [-0.2, -0.15) is 8.42 Å². The number of ether oxygens (including phenoxy) is 1. The normalized spacial score (nSPS) is 12.5. The van der Waals surface area contributed by atoms with Crippen LogP contribution in [0.1, 0.15) is 19.3 Å². The minimum atomic E-state index is -3.77. The van der Waals surface area contributed by atoms with E-state index in [-0.39, 0.29) is 13.0 Å². The molecule has 0 aliphatic heterocycles. The molecule has 1 unspecified atom stereocenters. The smallest absolute Gasteiger partial charge is 0.405 e. The maximum atomic E-state index is 12.4. The highest BCUT2D eigenvalue weighted by Crippen LogP contribution is 2.29. The van der Waals surface area contributed by atoms with Gasteiger partial charge >= 0.3 is 6.09 Å². The van der Waals surface area contributed by atoms with Crippen molar-refractivity contribution in [2.45, 2.75) is 25.3 Å². The monoisotopic (exact) mass is 431 g/mol. The van der Waals surface area contributed by atoms with Gasteiger partial charge in [0.1, 0.15) is 11.8 Å². The number of nitrogens with one attached hydrogen (secondary N) is 3. The summed E-state index contributed by atoms with van der Waals surface area (Å²) in [6.45, 7) is 0.0972. The second kappa shape index (κ2) is 9.64. The summed E-state index contributed by atoms with van der Waals surface area (Å²) >= 11 is 1.24. The molecule has 0 spiro atoms. The van der Waals surface area contributed by atoms with Crippen molar-refractivity contribution in [3.63, 3.8) is 0 Å². The molecule has 0 bridgehead atoms. The number of fused-ring (bicyclic) bond motifs is 1. The molecule has 0 saturated heterocycles. The van der Waals surface area contributed by atoms with E-state index in [1.165, 1.54) is 11.3 Å². The van der Waals surface area contributed by atoms with Crippen LogP contribution in [0.3, 0.4) is 0 Å². The number of carboxylic acid groups (broad SMARTS) is 1. The van der Waals surface area contributed by atoms with Gasteiger partial charge < -0.3 is 20.5 Å². The van der Waals surface area contributed by atoms with Crippen LogP contribution in [0.25, 0.3) is 10.2 Å². The molecule has 1 aromatic heterocycles. The molecule has 2 rings (SSSR count). The third-order valence-electron chi connectivity index (χ3n) is 3.66. The molecule has 6 N–H and O–H groups in total. The molecule has 0 aliphatic rings. The Morgan fingerprint density at radius 3 is 2.75 bits per heavy atom. The van der Waals surface area contributed by atoms with Crippen LogP contribution < -0.4 is 25.2 Å². The minimum absolute atomic E-state index is 0.0972. The lowest BCUT2D eigenvalue weighted by atomic mass is 10.1. The second-order valence-electron chi connectivity index (χ2n) is 5.78. The number of unbranched alkanes of at least 4 members (excludes halogenated alkanes) is 1. The van der Waals surface area contributed by atoms with E-state index in [2.05, 4.69) is 20.3 Å². The van der Waals surface area contributed by atoms with Crippen molar-refractivity contribution in [3.05, 3.63) is 18.2 Å². The van der Waals surface area contributed by atoms with Crippen LogP contribution in [0.15, 0.2) is 18.2 Å². The number of nitrogens with zero attached hydrogens (tertiary/aromatic N) is 1. The molecule has 0 aliphatic carbocycles. The molecular weight excluding hydrogens is 410 g/mol. The molecule has 1 heterocycles. The first-order valence-corrected chi connectivity index (χ1v) is 10.6. The Morgan fingerprint density at radius 2 is 2.11 bits per heavy atom. The molecule has 0 radical (unpaired) electrons. The van der Waals surface area contributed by atoms with Gasteiger partial charge in [0, 0.05) is 6.54 Å². The zero-order valence-electron chi connectivity index (χ0n) is 15.0. The van der Waals surface area contributed by atoms with Crippen molar-refractivity contribution in [1.29, 1.82) is 0 Å². The van der Waals surface area contributed by atoms with Crippen molar-refractivity contribution in [3.8, 4) is 5.75 Å². The fraction of sp³-hybridized carbons (Fsp3) is 0.400. The summed E-state index contributed by atoms with van der Waals surface area (Å²) in [4.78, 5) is 27.7. The number of amides is 2. The lowest BCUT2D eigenvalue weighted by Gasteiger charge is -2.15. The number of rotatable bonds is 10. The van der Waals surface area contributed by atoms with E-state index in [0.717, 1.165) is 4.70 Å². The van der Waals surface area contributed by atoms with Gasteiger partial charge in [-0.05, 0) is 37.5 Å². The number of anilines is 1. The Bertz CT molecular complexity index is 946. The van der Waals surface area contributed by atoms with Gasteiger partial charge in [0.15, 0.2) is 5.13 Å². The van der Waals surface area contributed by atoms with Crippen LogP contribution in [-0.4, -0.2) is 50.2 Å². The van der Waals surface area contributed by atoms with Gasteiger partial charge in [-0.15, -0.1) is 0 Å². The number of methoxy groups -OCH3 is 1. The van der Waals surface area contributed by atoms with Gasteiger partial charge in [-0.3, -0.25) is 4.79 Å². The summed E-state index contributed by atoms with van der Waals surface area (Å²) in [5.74, 6) is 0.111. The molecule has 28 heavy (non-hydrogen) atoms. The quantitative estimate of drug-likeness (QED) is 0.347. The van der Waals surface area contributed by atoms with Crippen molar-refractivity contribution in [2.24, 2.45) is 5.14 Å². The Kier molecular flexibility index (Phi) is 7.51. The molecule has 11 nitrogen and oxygen atoms in total. The van der Waals surface area contributed by atoms with Gasteiger partial charge in [0.05, 0.1) is 17.3 Å². The van der Waals surface area contributed by atoms with Crippen LogP contribution in [0, 0.1) is 0 Å². The van der Waals surface area contributed by atoms with E-state index in [9.17, 15) is 18.0 Å². The van der Waals surface area contributed by atoms with E-state index in [1.807, 2.05) is 0 Å². The molecular formula is C15H21N5O6S2. The zero-order valence-corrected chi connectivity index (χ0v) is 16.6. The number of hydrogen-bond acceptors (Lipinski definition) is 7. The Hall–Kier alpha value is -2.48. The summed E-state index contributed by atoms with van der Waals surface area (Å²) in [5.41, 5.74) is 0.679. The van der Waals surface area contributed by atoms with Crippen molar-refractivity contribution < 1.29 is 27.9 Å². The Balaban J connectivity index is 1.97. The first-order chi connectivity index (χ1) is 13.2. The van der Waals surface area contributed by atoms with Crippen LogP contribution in [0.4, 0.5) is 9.93 Å². The van der Waals surface area contributed by atoms with Gasteiger partial charge in [-0.1, -0.05) is 11.3 Å². The Morgan fingerprint density at radius 1 is 1.36 bits per heavy atom. The molecule has 2 aromatic rings. The molecule has 154 valence electrons. The largest absolute Gasteiger partial charge is 0.497 e. The summed E-state index contributed by atoms with van der Waals surface area (Å²) < 4.78 is 29.7. The number of aromatic nitrogens is 1. The van der Waals surface area contributed by atoms with Gasteiger partial charge in [-0.25, -0.2) is 19.6 Å². The lowest BCUT2D eigenvalue weighted by molar-refractivity contribution is -0.118. The first kappa shape index (κ1) is 21.8.